The van der Waals surface area contributed by atoms with Crippen molar-refractivity contribution in [3.05, 3.63) is 41.2 Å². The Morgan fingerprint density at radius 3 is 2.75 bits per heavy atom. The van der Waals surface area contributed by atoms with Crippen LogP contribution in [-0.4, -0.2) is 56.8 Å². The van der Waals surface area contributed by atoms with E-state index in [2.05, 4.69) is 9.97 Å². The minimum absolute atomic E-state index is 0.0311. The number of carbonyl (C=O) groups excluding carboxylic acids is 1. The second-order valence-corrected chi connectivity index (χ2v) is 8.97. The van der Waals surface area contributed by atoms with Crippen molar-refractivity contribution in [2.24, 2.45) is 0 Å². The van der Waals surface area contributed by atoms with Crippen LogP contribution in [0.1, 0.15) is 31.2 Å². The Kier molecular flexibility index (Phi) is 5.53. The number of ether oxygens (including phenoxy) is 1. The number of hydrogen-bond acceptors (Lipinski definition) is 6. The van der Waals surface area contributed by atoms with Crippen LogP contribution in [0.25, 0.3) is 22.2 Å². The van der Waals surface area contributed by atoms with E-state index in [9.17, 15) is 9.90 Å². The van der Waals surface area contributed by atoms with Crippen molar-refractivity contribution in [3.8, 4) is 11.3 Å². The molecule has 1 aliphatic carbocycles. The molecule has 1 aromatic carbocycles. The first kappa shape index (κ1) is 21.2. The van der Waals surface area contributed by atoms with Gasteiger partial charge >= 0.3 is 0 Å². The van der Waals surface area contributed by atoms with E-state index in [0.29, 0.717) is 37.0 Å². The normalized spacial score (nSPS) is 18.4. The Bertz CT molecular complexity index is 1170. The van der Waals surface area contributed by atoms with E-state index in [1.165, 1.54) is 6.20 Å². The van der Waals surface area contributed by atoms with Gasteiger partial charge in [-0.15, -0.1) is 0 Å². The van der Waals surface area contributed by atoms with Crippen molar-refractivity contribution < 1.29 is 14.6 Å². The minimum atomic E-state index is -0.828. The molecule has 0 atom stereocenters. The molecule has 9 heteroatoms. The quantitative estimate of drug-likeness (QED) is 0.626. The standard InChI is InChI=1S/C23H26ClN5O3/c24-18-12-26-22(25)27-21(18)17-13-29(14-20(30)28-7-9-32-10-8-28)19-4-3-15(11-16(17)19)23(31)5-1-2-6-23/h3-4,11-13,31H,1-2,5-10,14H2,(H2,25,26,27). The van der Waals surface area contributed by atoms with Crippen LogP contribution < -0.4 is 5.73 Å². The summed E-state index contributed by atoms with van der Waals surface area (Å²) in [7, 11) is 0. The molecule has 0 unspecified atom stereocenters. The zero-order valence-corrected chi connectivity index (χ0v) is 18.5. The Labute approximate surface area is 191 Å². The number of hydrogen-bond donors (Lipinski definition) is 2. The number of nitrogen functional groups attached to an aromatic ring is 1. The fourth-order valence-electron chi connectivity index (χ4n) is 4.78. The summed E-state index contributed by atoms with van der Waals surface area (Å²) in [6.45, 7) is 2.49. The van der Waals surface area contributed by atoms with Gasteiger partial charge in [0.2, 0.25) is 11.9 Å². The van der Waals surface area contributed by atoms with Crippen LogP contribution >= 0.6 is 11.6 Å². The van der Waals surface area contributed by atoms with E-state index >= 15 is 0 Å². The van der Waals surface area contributed by atoms with Crippen molar-refractivity contribution in [1.82, 2.24) is 19.4 Å². The van der Waals surface area contributed by atoms with E-state index in [0.717, 1.165) is 47.7 Å². The molecule has 0 spiro atoms. The van der Waals surface area contributed by atoms with E-state index in [1.54, 1.807) is 0 Å². The number of nitrogens with two attached hydrogens (primary N) is 1. The maximum Gasteiger partial charge on any atom is 0.242 e. The predicted octanol–water partition coefficient (Wildman–Crippen LogP) is 2.95. The van der Waals surface area contributed by atoms with Crippen LogP contribution in [0.15, 0.2) is 30.6 Å². The molecule has 1 saturated carbocycles. The fraction of sp³-hybridized carbons (Fsp3) is 0.435. The molecule has 5 rings (SSSR count). The Morgan fingerprint density at radius 2 is 2.00 bits per heavy atom. The van der Waals surface area contributed by atoms with Crippen molar-refractivity contribution >= 4 is 34.4 Å². The van der Waals surface area contributed by atoms with Crippen LogP contribution in [0.2, 0.25) is 5.02 Å². The average molecular weight is 456 g/mol. The maximum absolute atomic E-state index is 12.9. The summed E-state index contributed by atoms with van der Waals surface area (Å²) in [6, 6.07) is 5.93. The largest absolute Gasteiger partial charge is 0.385 e. The monoisotopic (exact) mass is 455 g/mol. The van der Waals surface area contributed by atoms with Gasteiger partial charge in [0.25, 0.3) is 0 Å². The molecular weight excluding hydrogens is 430 g/mol. The summed E-state index contributed by atoms with van der Waals surface area (Å²) in [5, 5.41) is 12.4. The highest BCUT2D eigenvalue weighted by Crippen LogP contribution is 2.41. The summed E-state index contributed by atoms with van der Waals surface area (Å²) < 4.78 is 7.28. The summed E-state index contributed by atoms with van der Waals surface area (Å²) in [5.74, 6) is 0.156. The summed E-state index contributed by atoms with van der Waals surface area (Å²) in [5.41, 5.74) is 8.04. The van der Waals surface area contributed by atoms with E-state index < -0.39 is 5.60 Å². The Balaban J connectivity index is 1.61. The summed E-state index contributed by atoms with van der Waals surface area (Å²) >= 11 is 6.43. The molecule has 2 aromatic heterocycles. The number of aliphatic hydroxyl groups is 1. The van der Waals surface area contributed by atoms with Crippen molar-refractivity contribution in [3.63, 3.8) is 0 Å². The second kappa shape index (κ2) is 8.35. The number of carbonyl (C=O) groups is 1. The molecule has 3 heterocycles. The number of rotatable bonds is 4. The summed E-state index contributed by atoms with van der Waals surface area (Å²) in [4.78, 5) is 23.1. The summed E-state index contributed by atoms with van der Waals surface area (Å²) in [6.07, 6.45) is 6.86. The third kappa shape index (κ3) is 3.83. The molecule has 32 heavy (non-hydrogen) atoms. The van der Waals surface area contributed by atoms with E-state index in [4.69, 9.17) is 22.1 Å². The molecule has 3 N–H and O–H groups in total. The lowest BCUT2D eigenvalue weighted by atomic mass is 9.91. The van der Waals surface area contributed by atoms with Gasteiger partial charge in [0, 0.05) is 35.8 Å². The number of morpholine rings is 1. The molecule has 0 radical (unpaired) electrons. The van der Waals surface area contributed by atoms with Crippen LogP contribution in [-0.2, 0) is 21.7 Å². The van der Waals surface area contributed by atoms with Gasteiger partial charge in [-0.05, 0) is 30.5 Å². The minimum Gasteiger partial charge on any atom is -0.385 e. The number of nitrogens with zero attached hydrogens (tertiary/aromatic N) is 4. The van der Waals surface area contributed by atoms with Crippen LogP contribution in [0.5, 0.6) is 0 Å². The molecule has 2 aliphatic rings. The lowest BCUT2D eigenvalue weighted by Gasteiger charge is -2.27. The van der Waals surface area contributed by atoms with Crippen LogP contribution in [0, 0.1) is 0 Å². The number of amides is 1. The van der Waals surface area contributed by atoms with Gasteiger partial charge in [-0.25, -0.2) is 9.97 Å². The lowest BCUT2D eigenvalue weighted by Crippen LogP contribution is -2.42. The zero-order chi connectivity index (χ0) is 22.3. The number of aromatic nitrogens is 3. The number of benzene rings is 1. The molecular formula is C23H26ClN5O3. The average Bonchev–Trinajstić information content (AvgIpc) is 3.40. The van der Waals surface area contributed by atoms with E-state index in [1.807, 2.05) is 33.9 Å². The van der Waals surface area contributed by atoms with Gasteiger partial charge in [-0.3, -0.25) is 4.79 Å². The van der Waals surface area contributed by atoms with Gasteiger partial charge < -0.3 is 25.0 Å². The highest BCUT2D eigenvalue weighted by Gasteiger charge is 2.33. The highest BCUT2D eigenvalue weighted by molar-refractivity contribution is 6.33. The number of anilines is 1. The van der Waals surface area contributed by atoms with Crippen LogP contribution in [0.3, 0.4) is 0 Å². The van der Waals surface area contributed by atoms with Gasteiger partial charge in [0.1, 0.15) is 6.54 Å². The van der Waals surface area contributed by atoms with Crippen LogP contribution in [0.4, 0.5) is 5.95 Å². The smallest absolute Gasteiger partial charge is 0.242 e. The van der Waals surface area contributed by atoms with Crippen molar-refractivity contribution in [2.75, 3.05) is 32.0 Å². The highest BCUT2D eigenvalue weighted by atomic mass is 35.5. The molecule has 2 fully saturated rings. The molecule has 1 amide bonds. The van der Waals surface area contributed by atoms with Crippen molar-refractivity contribution in [2.45, 2.75) is 37.8 Å². The molecule has 3 aromatic rings. The number of fused-ring (bicyclic) bond motifs is 1. The molecule has 1 aliphatic heterocycles. The predicted molar refractivity (Wildman–Crippen MR) is 122 cm³/mol. The number of halogens is 1. The lowest BCUT2D eigenvalue weighted by molar-refractivity contribution is -0.135. The Hall–Kier alpha value is -2.68. The SMILES string of the molecule is Nc1ncc(Cl)c(-c2cn(CC(=O)N3CCOCC3)c3ccc(C4(O)CCCC4)cc23)n1. The second-order valence-electron chi connectivity index (χ2n) is 8.56. The first-order chi connectivity index (χ1) is 15.4. The van der Waals surface area contributed by atoms with Gasteiger partial charge in [-0.2, -0.15) is 0 Å². The third-order valence-corrected chi connectivity index (χ3v) is 6.81. The van der Waals surface area contributed by atoms with Crippen molar-refractivity contribution in [1.29, 1.82) is 0 Å². The van der Waals surface area contributed by atoms with E-state index in [-0.39, 0.29) is 18.4 Å². The molecule has 1 saturated heterocycles. The molecule has 168 valence electrons. The Morgan fingerprint density at radius 1 is 1.25 bits per heavy atom. The van der Waals surface area contributed by atoms with Gasteiger partial charge in [0.15, 0.2) is 0 Å². The van der Waals surface area contributed by atoms with Gasteiger partial charge in [-0.1, -0.05) is 30.5 Å². The first-order valence-corrected chi connectivity index (χ1v) is 11.3. The zero-order valence-electron chi connectivity index (χ0n) is 17.8. The molecule has 0 bridgehead atoms. The first-order valence-electron chi connectivity index (χ1n) is 10.9. The third-order valence-electron chi connectivity index (χ3n) is 6.54. The maximum atomic E-state index is 12.9. The molecule has 8 nitrogen and oxygen atoms in total. The topological polar surface area (TPSA) is 106 Å². The fourth-order valence-corrected chi connectivity index (χ4v) is 4.98. The van der Waals surface area contributed by atoms with Gasteiger partial charge in [0.05, 0.1) is 35.7 Å².